The van der Waals surface area contributed by atoms with Crippen LogP contribution < -0.4 is 14.2 Å². The molecule has 0 saturated heterocycles. The maximum atomic E-state index is 5.70. The molecular formula is C22H19NO3. The Labute approximate surface area is 152 Å². The van der Waals surface area contributed by atoms with E-state index in [1.54, 1.807) is 6.21 Å². The Balaban J connectivity index is 1.58. The van der Waals surface area contributed by atoms with Crippen molar-refractivity contribution in [2.45, 2.75) is 6.92 Å². The Morgan fingerprint density at radius 2 is 1.62 bits per heavy atom. The fourth-order valence-electron chi connectivity index (χ4n) is 2.84. The van der Waals surface area contributed by atoms with Crippen molar-refractivity contribution in [3.8, 4) is 28.4 Å². The Hall–Kier alpha value is -3.27. The van der Waals surface area contributed by atoms with Gasteiger partial charge in [0.15, 0.2) is 11.5 Å². The van der Waals surface area contributed by atoms with E-state index in [1.165, 1.54) is 11.1 Å². The van der Waals surface area contributed by atoms with Gasteiger partial charge in [-0.25, -0.2) is 0 Å². The summed E-state index contributed by atoms with van der Waals surface area (Å²) >= 11 is 0. The molecule has 4 rings (SSSR count). The van der Waals surface area contributed by atoms with Crippen LogP contribution in [0.4, 0.5) is 5.69 Å². The molecule has 0 aromatic heterocycles. The van der Waals surface area contributed by atoms with Gasteiger partial charge in [-0.3, -0.25) is 4.99 Å². The Morgan fingerprint density at radius 3 is 2.35 bits per heavy atom. The van der Waals surface area contributed by atoms with Gasteiger partial charge in [0.25, 0.3) is 0 Å². The van der Waals surface area contributed by atoms with E-state index in [9.17, 15) is 0 Å². The van der Waals surface area contributed by atoms with Gasteiger partial charge in [0.2, 0.25) is 6.79 Å². The standard InChI is InChI=1S/C22H19NO3/c1-2-24-20-13-22-21(25-15-26-22)12-18(20)14-23-19-10-8-17(9-11-19)16-6-4-3-5-7-16/h3-14H,2,15H2,1H3. The minimum absolute atomic E-state index is 0.239. The highest BCUT2D eigenvalue weighted by Gasteiger charge is 2.17. The fraction of sp³-hybridized carbons (Fsp3) is 0.136. The van der Waals surface area contributed by atoms with E-state index in [0.29, 0.717) is 18.1 Å². The molecule has 0 N–H and O–H groups in total. The molecule has 0 radical (unpaired) electrons. The van der Waals surface area contributed by atoms with E-state index in [2.05, 4.69) is 29.3 Å². The molecule has 1 aliphatic heterocycles. The van der Waals surface area contributed by atoms with Gasteiger partial charge in [0.05, 0.1) is 12.3 Å². The van der Waals surface area contributed by atoms with Crippen molar-refractivity contribution in [2.75, 3.05) is 13.4 Å². The second-order valence-corrected chi connectivity index (χ2v) is 5.85. The lowest BCUT2D eigenvalue weighted by atomic mass is 10.1. The minimum Gasteiger partial charge on any atom is -0.493 e. The largest absolute Gasteiger partial charge is 0.493 e. The van der Waals surface area contributed by atoms with Gasteiger partial charge in [-0.1, -0.05) is 42.5 Å². The van der Waals surface area contributed by atoms with Crippen molar-refractivity contribution in [1.29, 1.82) is 0 Å². The van der Waals surface area contributed by atoms with E-state index >= 15 is 0 Å². The number of aliphatic imine (C=N–C) groups is 1. The van der Waals surface area contributed by atoms with E-state index in [1.807, 2.05) is 49.4 Å². The second-order valence-electron chi connectivity index (χ2n) is 5.85. The number of fused-ring (bicyclic) bond motifs is 1. The Bertz CT molecular complexity index is 918. The summed E-state index contributed by atoms with van der Waals surface area (Å²) < 4.78 is 16.6. The molecule has 0 saturated carbocycles. The number of hydrogen-bond acceptors (Lipinski definition) is 4. The molecule has 1 aliphatic rings. The van der Waals surface area contributed by atoms with Crippen molar-refractivity contribution in [3.05, 3.63) is 72.3 Å². The summed E-state index contributed by atoms with van der Waals surface area (Å²) in [5, 5.41) is 0. The maximum absolute atomic E-state index is 5.70. The highest BCUT2D eigenvalue weighted by atomic mass is 16.7. The van der Waals surface area contributed by atoms with E-state index in [0.717, 1.165) is 17.0 Å². The summed E-state index contributed by atoms with van der Waals surface area (Å²) in [7, 11) is 0. The molecule has 0 fully saturated rings. The van der Waals surface area contributed by atoms with Crippen LogP contribution in [0.3, 0.4) is 0 Å². The number of nitrogens with zero attached hydrogens (tertiary/aromatic N) is 1. The van der Waals surface area contributed by atoms with Crippen LogP contribution >= 0.6 is 0 Å². The molecule has 0 amide bonds. The molecule has 4 heteroatoms. The van der Waals surface area contributed by atoms with Crippen LogP contribution in [0, 0.1) is 0 Å². The van der Waals surface area contributed by atoms with Crippen LogP contribution in [0.2, 0.25) is 0 Å². The van der Waals surface area contributed by atoms with Gasteiger partial charge < -0.3 is 14.2 Å². The monoisotopic (exact) mass is 345 g/mol. The van der Waals surface area contributed by atoms with Gasteiger partial charge in [-0.2, -0.15) is 0 Å². The van der Waals surface area contributed by atoms with Gasteiger partial charge in [0, 0.05) is 17.8 Å². The van der Waals surface area contributed by atoms with Crippen LogP contribution in [-0.2, 0) is 0 Å². The first-order valence-corrected chi connectivity index (χ1v) is 8.59. The summed E-state index contributed by atoms with van der Waals surface area (Å²) in [6, 6.07) is 22.2. The Morgan fingerprint density at radius 1 is 0.923 bits per heavy atom. The number of hydrogen-bond donors (Lipinski definition) is 0. The number of rotatable bonds is 5. The summed E-state index contributed by atoms with van der Waals surface area (Å²) in [6.45, 7) is 2.77. The number of benzene rings is 3. The summed E-state index contributed by atoms with van der Waals surface area (Å²) in [5.74, 6) is 2.16. The summed E-state index contributed by atoms with van der Waals surface area (Å²) in [6.07, 6.45) is 1.80. The van der Waals surface area contributed by atoms with Crippen LogP contribution in [0.5, 0.6) is 17.2 Å². The molecule has 3 aromatic carbocycles. The van der Waals surface area contributed by atoms with E-state index < -0.39 is 0 Å². The van der Waals surface area contributed by atoms with E-state index in [4.69, 9.17) is 14.2 Å². The average Bonchev–Trinajstić information content (AvgIpc) is 3.15. The molecule has 3 aromatic rings. The van der Waals surface area contributed by atoms with Crippen molar-refractivity contribution >= 4 is 11.9 Å². The molecule has 0 bridgehead atoms. The zero-order valence-corrected chi connectivity index (χ0v) is 14.5. The van der Waals surface area contributed by atoms with Gasteiger partial charge >= 0.3 is 0 Å². The molecule has 26 heavy (non-hydrogen) atoms. The third-order valence-corrected chi connectivity index (χ3v) is 4.13. The molecule has 130 valence electrons. The van der Waals surface area contributed by atoms with Gasteiger partial charge in [0.1, 0.15) is 5.75 Å². The molecule has 4 nitrogen and oxygen atoms in total. The lowest BCUT2D eigenvalue weighted by Gasteiger charge is -2.08. The normalized spacial score (nSPS) is 12.5. The first kappa shape index (κ1) is 16.2. The molecule has 0 unspecified atom stereocenters. The van der Waals surface area contributed by atoms with E-state index in [-0.39, 0.29) is 6.79 Å². The molecule has 0 spiro atoms. The maximum Gasteiger partial charge on any atom is 0.231 e. The number of ether oxygens (including phenoxy) is 3. The molecule has 1 heterocycles. The zero-order chi connectivity index (χ0) is 17.8. The first-order valence-electron chi connectivity index (χ1n) is 8.59. The zero-order valence-electron chi connectivity index (χ0n) is 14.5. The summed E-state index contributed by atoms with van der Waals surface area (Å²) in [5.41, 5.74) is 4.10. The molecular weight excluding hydrogens is 326 g/mol. The van der Waals surface area contributed by atoms with Crippen molar-refractivity contribution in [3.63, 3.8) is 0 Å². The van der Waals surface area contributed by atoms with Gasteiger partial charge in [-0.05, 0) is 36.2 Å². The fourth-order valence-corrected chi connectivity index (χ4v) is 2.84. The lowest BCUT2D eigenvalue weighted by Crippen LogP contribution is -1.96. The van der Waals surface area contributed by atoms with Gasteiger partial charge in [-0.15, -0.1) is 0 Å². The predicted molar refractivity (Wildman–Crippen MR) is 103 cm³/mol. The molecule has 0 atom stereocenters. The lowest BCUT2D eigenvalue weighted by molar-refractivity contribution is 0.174. The topological polar surface area (TPSA) is 40.0 Å². The minimum atomic E-state index is 0.239. The predicted octanol–water partition coefficient (Wildman–Crippen LogP) is 5.23. The third-order valence-electron chi connectivity index (χ3n) is 4.13. The highest BCUT2D eigenvalue weighted by molar-refractivity contribution is 5.87. The SMILES string of the molecule is CCOc1cc2c(cc1C=Nc1ccc(-c3ccccc3)cc1)OCO2. The van der Waals surface area contributed by atoms with Crippen LogP contribution in [0.25, 0.3) is 11.1 Å². The quantitative estimate of drug-likeness (QED) is 0.594. The van der Waals surface area contributed by atoms with Crippen molar-refractivity contribution in [2.24, 2.45) is 4.99 Å². The van der Waals surface area contributed by atoms with Crippen LogP contribution in [0.15, 0.2) is 71.7 Å². The molecule has 0 aliphatic carbocycles. The summed E-state index contributed by atoms with van der Waals surface area (Å²) in [4.78, 5) is 4.58. The second kappa shape index (κ2) is 7.31. The Kier molecular flexibility index (Phi) is 4.56. The average molecular weight is 345 g/mol. The first-order chi connectivity index (χ1) is 12.8. The smallest absolute Gasteiger partial charge is 0.231 e. The van der Waals surface area contributed by atoms with Crippen LogP contribution in [-0.4, -0.2) is 19.6 Å². The van der Waals surface area contributed by atoms with Crippen LogP contribution in [0.1, 0.15) is 12.5 Å². The third kappa shape index (κ3) is 3.40. The highest BCUT2D eigenvalue weighted by Crippen LogP contribution is 2.37. The van der Waals surface area contributed by atoms with Crippen molar-refractivity contribution < 1.29 is 14.2 Å². The van der Waals surface area contributed by atoms with Crippen molar-refractivity contribution in [1.82, 2.24) is 0 Å².